The molecule has 1 aromatic rings. The first-order valence-corrected chi connectivity index (χ1v) is 4.17. The molecule has 5 heteroatoms. The van der Waals surface area contributed by atoms with Crippen LogP contribution in [0.5, 0.6) is 0 Å². The molecule has 3 N–H and O–H groups in total. The van der Waals surface area contributed by atoms with E-state index in [-0.39, 0.29) is 0 Å². The van der Waals surface area contributed by atoms with Crippen LogP contribution in [-0.4, -0.2) is 29.3 Å². The first-order valence-electron chi connectivity index (χ1n) is 4.17. The minimum absolute atomic E-state index is 0.462. The maximum absolute atomic E-state index is 5.45. The molecule has 0 aliphatic heterocycles. The maximum Gasteiger partial charge on any atom is 0.188 e. The van der Waals surface area contributed by atoms with Crippen LogP contribution in [0.25, 0.3) is 0 Å². The van der Waals surface area contributed by atoms with Gasteiger partial charge in [0.15, 0.2) is 5.96 Å². The molecule has 0 spiro atoms. The average Bonchev–Trinajstić information content (AvgIpc) is 2.51. The molecule has 1 rings (SSSR count). The predicted molar refractivity (Wildman–Crippen MR) is 52.5 cm³/mol. The van der Waals surface area contributed by atoms with E-state index in [1.807, 2.05) is 24.0 Å². The molecule has 1 aromatic heterocycles. The number of aromatic nitrogens is 2. The lowest BCUT2D eigenvalue weighted by molar-refractivity contribution is 0.602. The van der Waals surface area contributed by atoms with Crippen molar-refractivity contribution < 1.29 is 0 Å². The van der Waals surface area contributed by atoms with Gasteiger partial charge in [-0.05, 0) is 12.5 Å². The summed E-state index contributed by atoms with van der Waals surface area (Å²) in [4.78, 5) is 3.78. The van der Waals surface area contributed by atoms with E-state index in [9.17, 15) is 0 Å². The molecule has 0 unspecified atom stereocenters. The molecule has 0 bridgehead atoms. The number of hydrogen-bond donors (Lipinski definition) is 2. The van der Waals surface area contributed by atoms with Gasteiger partial charge in [-0.3, -0.25) is 9.67 Å². The van der Waals surface area contributed by atoms with Gasteiger partial charge in [0, 0.05) is 19.8 Å². The third kappa shape index (κ3) is 3.14. The molecule has 72 valence electrons. The van der Waals surface area contributed by atoms with Crippen LogP contribution in [0.4, 0.5) is 0 Å². The number of guanidine groups is 1. The lowest BCUT2D eigenvalue weighted by atomic mass is 10.4. The predicted octanol–water partition coefficient (Wildman–Crippen LogP) is -0.274. The number of rotatable bonds is 3. The highest BCUT2D eigenvalue weighted by atomic mass is 15.3. The summed E-state index contributed by atoms with van der Waals surface area (Å²) in [5.41, 5.74) is 6.62. The van der Waals surface area contributed by atoms with Crippen LogP contribution in [-0.2, 0) is 6.54 Å². The van der Waals surface area contributed by atoms with Crippen molar-refractivity contribution in [3.8, 4) is 0 Å². The van der Waals surface area contributed by atoms with E-state index in [4.69, 9.17) is 5.73 Å². The molecule has 0 aromatic carbocycles. The van der Waals surface area contributed by atoms with Crippen molar-refractivity contribution in [3.05, 3.63) is 18.0 Å². The highest BCUT2D eigenvalue weighted by Crippen LogP contribution is 1.92. The standard InChI is InChI=1S/C8H15N5/c1-7-5-12-13(6-7)4-3-11-8(9)10-2/h5-6H,3-4H2,1-2H3,(H3,9,10,11). The first-order chi connectivity index (χ1) is 6.22. The molecule has 0 aliphatic rings. The van der Waals surface area contributed by atoms with E-state index >= 15 is 0 Å². The highest BCUT2D eigenvalue weighted by Gasteiger charge is 1.93. The summed E-state index contributed by atoms with van der Waals surface area (Å²) in [6.07, 6.45) is 3.82. The summed E-state index contributed by atoms with van der Waals surface area (Å²) in [7, 11) is 1.65. The number of nitrogens with zero attached hydrogens (tertiary/aromatic N) is 3. The smallest absolute Gasteiger partial charge is 0.188 e. The Morgan fingerprint density at radius 1 is 1.77 bits per heavy atom. The lowest BCUT2D eigenvalue weighted by Gasteiger charge is -2.04. The van der Waals surface area contributed by atoms with Gasteiger partial charge in [-0.2, -0.15) is 5.10 Å². The number of nitrogens with two attached hydrogens (primary N) is 1. The van der Waals surface area contributed by atoms with Crippen LogP contribution in [0, 0.1) is 6.92 Å². The van der Waals surface area contributed by atoms with Crippen LogP contribution < -0.4 is 11.1 Å². The molecular formula is C8H15N5. The Morgan fingerprint density at radius 3 is 3.08 bits per heavy atom. The van der Waals surface area contributed by atoms with Crippen LogP contribution >= 0.6 is 0 Å². The summed E-state index contributed by atoms with van der Waals surface area (Å²) < 4.78 is 1.87. The zero-order chi connectivity index (χ0) is 9.68. The molecule has 1 heterocycles. The Balaban J connectivity index is 2.28. The molecule has 13 heavy (non-hydrogen) atoms. The number of aryl methyl sites for hydroxylation is 1. The van der Waals surface area contributed by atoms with Gasteiger partial charge in [0.25, 0.3) is 0 Å². The largest absolute Gasteiger partial charge is 0.370 e. The second kappa shape index (κ2) is 4.49. The third-order valence-electron chi connectivity index (χ3n) is 1.65. The molecule has 5 nitrogen and oxygen atoms in total. The molecule has 0 saturated carbocycles. The summed E-state index contributed by atoms with van der Waals surface area (Å²) in [5.74, 6) is 0.462. The van der Waals surface area contributed by atoms with Crippen molar-refractivity contribution in [1.82, 2.24) is 15.1 Å². The Hall–Kier alpha value is -1.52. The van der Waals surface area contributed by atoms with E-state index in [1.165, 1.54) is 0 Å². The Labute approximate surface area is 77.6 Å². The van der Waals surface area contributed by atoms with Crippen molar-refractivity contribution in [1.29, 1.82) is 0 Å². The van der Waals surface area contributed by atoms with Gasteiger partial charge >= 0.3 is 0 Å². The Morgan fingerprint density at radius 2 is 2.54 bits per heavy atom. The minimum atomic E-state index is 0.462. The van der Waals surface area contributed by atoms with Gasteiger partial charge in [-0.1, -0.05) is 0 Å². The Bertz CT molecular complexity index is 288. The number of nitrogens with one attached hydrogen (secondary N) is 1. The summed E-state index contributed by atoms with van der Waals surface area (Å²) in [6.45, 7) is 3.55. The summed E-state index contributed by atoms with van der Waals surface area (Å²) in [5, 5.41) is 7.09. The highest BCUT2D eigenvalue weighted by molar-refractivity contribution is 5.77. The number of aliphatic imine (C=N–C) groups is 1. The van der Waals surface area contributed by atoms with Gasteiger partial charge < -0.3 is 11.1 Å². The molecule has 0 amide bonds. The lowest BCUT2D eigenvalue weighted by Crippen LogP contribution is -2.33. The fourth-order valence-electron chi connectivity index (χ4n) is 0.967. The van der Waals surface area contributed by atoms with Crippen molar-refractivity contribution in [2.75, 3.05) is 13.6 Å². The quantitative estimate of drug-likeness (QED) is 0.498. The molecular weight excluding hydrogens is 166 g/mol. The van der Waals surface area contributed by atoms with Crippen molar-refractivity contribution >= 4 is 5.96 Å². The van der Waals surface area contributed by atoms with Gasteiger partial charge in [-0.25, -0.2) is 0 Å². The zero-order valence-corrected chi connectivity index (χ0v) is 7.99. The zero-order valence-electron chi connectivity index (χ0n) is 7.99. The van der Waals surface area contributed by atoms with Crippen LogP contribution in [0.2, 0.25) is 0 Å². The monoisotopic (exact) mass is 181 g/mol. The maximum atomic E-state index is 5.45. The van der Waals surface area contributed by atoms with Crippen LogP contribution in [0.1, 0.15) is 5.56 Å². The summed E-state index contributed by atoms with van der Waals surface area (Å²) in [6, 6.07) is 0. The molecule has 0 saturated heterocycles. The van der Waals surface area contributed by atoms with E-state index < -0.39 is 0 Å². The van der Waals surface area contributed by atoms with Crippen LogP contribution in [0.15, 0.2) is 17.4 Å². The van der Waals surface area contributed by atoms with Gasteiger partial charge in [0.05, 0.1) is 12.7 Å². The average molecular weight is 181 g/mol. The van der Waals surface area contributed by atoms with Crippen molar-refractivity contribution in [2.24, 2.45) is 10.7 Å². The van der Waals surface area contributed by atoms with Gasteiger partial charge in [0.2, 0.25) is 0 Å². The number of hydrogen-bond acceptors (Lipinski definition) is 2. The SMILES string of the molecule is CN=C(N)NCCn1cc(C)cn1. The van der Waals surface area contributed by atoms with E-state index in [1.54, 1.807) is 7.05 Å². The topological polar surface area (TPSA) is 68.2 Å². The molecule has 0 radical (unpaired) electrons. The van der Waals surface area contributed by atoms with E-state index in [0.29, 0.717) is 5.96 Å². The van der Waals surface area contributed by atoms with Crippen LogP contribution in [0.3, 0.4) is 0 Å². The fraction of sp³-hybridized carbons (Fsp3) is 0.500. The van der Waals surface area contributed by atoms with E-state index in [0.717, 1.165) is 18.7 Å². The molecule has 0 fully saturated rings. The van der Waals surface area contributed by atoms with Crippen molar-refractivity contribution in [2.45, 2.75) is 13.5 Å². The fourth-order valence-corrected chi connectivity index (χ4v) is 0.967. The van der Waals surface area contributed by atoms with Gasteiger partial charge in [0.1, 0.15) is 0 Å². The van der Waals surface area contributed by atoms with Gasteiger partial charge in [-0.15, -0.1) is 0 Å². The summed E-state index contributed by atoms with van der Waals surface area (Å²) >= 11 is 0. The second-order valence-corrected chi connectivity index (χ2v) is 2.82. The Kier molecular flexibility index (Phi) is 3.31. The molecule has 0 atom stereocenters. The molecule has 0 aliphatic carbocycles. The van der Waals surface area contributed by atoms with Crippen molar-refractivity contribution in [3.63, 3.8) is 0 Å². The van der Waals surface area contributed by atoms with E-state index in [2.05, 4.69) is 15.4 Å². The normalized spacial score (nSPS) is 11.7. The third-order valence-corrected chi connectivity index (χ3v) is 1.65. The second-order valence-electron chi connectivity index (χ2n) is 2.82. The first kappa shape index (κ1) is 9.57. The minimum Gasteiger partial charge on any atom is -0.370 e.